The summed E-state index contributed by atoms with van der Waals surface area (Å²) in [5, 5.41) is 10.4. The highest BCUT2D eigenvalue weighted by atomic mass is 16.5. The molecule has 0 amide bonds. The monoisotopic (exact) mass is 208 g/mol. The van der Waals surface area contributed by atoms with Crippen molar-refractivity contribution in [2.24, 2.45) is 0 Å². The van der Waals surface area contributed by atoms with Crippen LogP contribution in [-0.2, 0) is 10.3 Å². The van der Waals surface area contributed by atoms with Gasteiger partial charge in [0.15, 0.2) is 0 Å². The molecule has 1 saturated carbocycles. The number of aromatic nitrogens is 2. The zero-order valence-electron chi connectivity index (χ0n) is 8.89. The van der Waals surface area contributed by atoms with Gasteiger partial charge in [0.05, 0.1) is 11.7 Å². The van der Waals surface area contributed by atoms with Gasteiger partial charge in [0.1, 0.15) is 6.33 Å². The van der Waals surface area contributed by atoms with Gasteiger partial charge in [-0.1, -0.05) is 0 Å². The molecule has 15 heavy (non-hydrogen) atoms. The molecule has 0 atom stereocenters. The van der Waals surface area contributed by atoms with Crippen molar-refractivity contribution in [1.82, 2.24) is 9.97 Å². The molecule has 1 aromatic heterocycles. The molecule has 4 heteroatoms. The van der Waals surface area contributed by atoms with Gasteiger partial charge >= 0.3 is 0 Å². The van der Waals surface area contributed by atoms with Gasteiger partial charge in [0.2, 0.25) is 0 Å². The summed E-state index contributed by atoms with van der Waals surface area (Å²) in [6.07, 6.45) is 8.38. The lowest BCUT2D eigenvalue weighted by molar-refractivity contribution is -0.0478. The van der Waals surface area contributed by atoms with E-state index in [-0.39, 0.29) is 6.10 Å². The van der Waals surface area contributed by atoms with E-state index in [0.717, 1.165) is 31.2 Å². The zero-order chi connectivity index (χ0) is 10.7. The highest BCUT2D eigenvalue weighted by Crippen LogP contribution is 2.37. The molecule has 1 fully saturated rings. The third-order valence-electron chi connectivity index (χ3n) is 3.19. The summed E-state index contributed by atoms with van der Waals surface area (Å²) < 4.78 is 5.28. The van der Waals surface area contributed by atoms with Crippen molar-refractivity contribution in [3.63, 3.8) is 0 Å². The molecule has 1 aromatic rings. The fourth-order valence-electron chi connectivity index (χ4n) is 2.13. The second-order valence-electron chi connectivity index (χ2n) is 4.09. The van der Waals surface area contributed by atoms with Crippen molar-refractivity contribution in [2.75, 3.05) is 7.11 Å². The first-order chi connectivity index (χ1) is 7.24. The Kier molecular flexibility index (Phi) is 2.98. The third kappa shape index (κ3) is 2.16. The van der Waals surface area contributed by atoms with Gasteiger partial charge < -0.3 is 9.84 Å². The molecule has 0 spiro atoms. The average molecular weight is 208 g/mol. The molecule has 0 saturated heterocycles. The minimum Gasteiger partial charge on any atom is -0.385 e. The van der Waals surface area contributed by atoms with E-state index >= 15 is 0 Å². The maximum Gasteiger partial charge on any atom is 0.115 e. The van der Waals surface area contributed by atoms with Crippen LogP contribution in [0.25, 0.3) is 0 Å². The van der Waals surface area contributed by atoms with Crippen molar-refractivity contribution in [1.29, 1.82) is 0 Å². The van der Waals surface area contributed by atoms with E-state index in [1.807, 2.05) is 0 Å². The van der Waals surface area contributed by atoms with E-state index in [0.29, 0.717) is 0 Å². The van der Waals surface area contributed by atoms with Crippen LogP contribution in [0.3, 0.4) is 0 Å². The molecule has 0 radical (unpaired) electrons. The molecule has 1 aliphatic carbocycles. The molecular weight excluding hydrogens is 192 g/mol. The van der Waals surface area contributed by atoms with Crippen molar-refractivity contribution in [2.45, 2.75) is 37.4 Å². The molecule has 0 aliphatic heterocycles. The Balaban J connectivity index is 2.10. The Labute approximate surface area is 89.3 Å². The van der Waals surface area contributed by atoms with Crippen LogP contribution in [0.5, 0.6) is 0 Å². The van der Waals surface area contributed by atoms with Crippen LogP contribution in [0.1, 0.15) is 31.2 Å². The number of methoxy groups -OCH3 is 1. The van der Waals surface area contributed by atoms with E-state index in [1.165, 1.54) is 6.33 Å². The lowest BCUT2D eigenvalue weighted by atomic mass is 9.79. The Morgan fingerprint density at radius 3 is 2.47 bits per heavy atom. The van der Waals surface area contributed by atoms with Crippen LogP contribution in [0.15, 0.2) is 18.7 Å². The highest BCUT2D eigenvalue weighted by molar-refractivity contribution is 5.15. The summed E-state index contributed by atoms with van der Waals surface area (Å²) in [5.41, 5.74) is 0.0654. The van der Waals surface area contributed by atoms with Crippen molar-refractivity contribution >= 4 is 0 Å². The SMILES string of the molecule is COC1CCC(O)(c2cncnc2)CC1. The first kappa shape index (κ1) is 10.5. The van der Waals surface area contributed by atoms with Crippen molar-refractivity contribution in [3.8, 4) is 0 Å². The minimum absolute atomic E-state index is 0.287. The first-order valence-corrected chi connectivity index (χ1v) is 5.25. The van der Waals surface area contributed by atoms with Crippen LogP contribution in [0.4, 0.5) is 0 Å². The Hall–Kier alpha value is -1.00. The largest absolute Gasteiger partial charge is 0.385 e. The van der Waals surface area contributed by atoms with Crippen LogP contribution in [-0.4, -0.2) is 28.3 Å². The molecule has 82 valence electrons. The van der Waals surface area contributed by atoms with Crippen molar-refractivity contribution < 1.29 is 9.84 Å². The van der Waals surface area contributed by atoms with E-state index in [1.54, 1.807) is 19.5 Å². The molecular formula is C11H16N2O2. The predicted molar refractivity (Wildman–Crippen MR) is 55.2 cm³/mol. The number of nitrogens with zero attached hydrogens (tertiary/aromatic N) is 2. The number of ether oxygens (including phenoxy) is 1. The van der Waals surface area contributed by atoms with Gasteiger partial charge in [-0.15, -0.1) is 0 Å². The van der Waals surface area contributed by atoms with E-state index < -0.39 is 5.60 Å². The lowest BCUT2D eigenvalue weighted by Gasteiger charge is -2.35. The molecule has 0 unspecified atom stereocenters. The van der Waals surface area contributed by atoms with Gasteiger partial charge in [-0.05, 0) is 25.7 Å². The maximum atomic E-state index is 10.4. The van der Waals surface area contributed by atoms with Crippen LogP contribution >= 0.6 is 0 Å². The summed E-state index contributed by atoms with van der Waals surface area (Å²) in [6.45, 7) is 0. The van der Waals surface area contributed by atoms with Crippen LogP contribution in [0.2, 0.25) is 0 Å². The first-order valence-electron chi connectivity index (χ1n) is 5.25. The second-order valence-corrected chi connectivity index (χ2v) is 4.09. The number of aliphatic hydroxyl groups is 1. The maximum absolute atomic E-state index is 10.4. The Morgan fingerprint density at radius 2 is 1.93 bits per heavy atom. The zero-order valence-corrected chi connectivity index (χ0v) is 8.89. The average Bonchev–Trinajstić information content (AvgIpc) is 2.31. The number of hydrogen-bond donors (Lipinski definition) is 1. The van der Waals surface area contributed by atoms with E-state index in [9.17, 15) is 5.11 Å². The quantitative estimate of drug-likeness (QED) is 0.794. The van der Waals surface area contributed by atoms with E-state index in [4.69, 9.17) is 4.74 Å². The van der Waals surface area contributed by atoms with Gasteiger partial charge in [-0.25, -0.2) is 9.97 Å². The summed E-state index contributed by atoms with van der Waals surface area (Å²) in [5.74, 6) is 0. The number of rotatable bonds is 2. The van der Waals surface area contributed by atoms with Gasteiger partial charge in [0.25, 0.3) is 0 Å². The summed E-state index contributed by atoms with van der Waals surface area (Å²) >= 11 is 0. The Morgan fingerprint density at radius 1 is 1.33 bits per heavy atom. The van der Waals surface area contributed by atoms with Gasteiger partial charge in [0, 0.05) is 25.1 Å². The van der Waals surface area contributed by atoms with Crippen LogP contribution in [0, 0.1) is 0 Å². The molecule has 0 aromatic carbocycles. The molecule has 1 N–H and O–H groups in total. The topological polar surface area (TPSA) is 55.2 Å². The fraction of sp³-hybridized carbons (Fsp3) is 0.636. The molecule has 4 nitrogen and oxygen atoms in total. The summed E-state index contributed by atoms with van der Waals surface area (Å²) in [4.78, 5) is 7.88. The van der Waals surface area contributed by atoms with Gasteiger partial charge in [-0.3, -0.25) is 0 Å². The van der Waals surface area contributed by atoms with Crippen LogP contribution < -0.4 is 0 Å². The standard InChI is InChI=1S/C11H16N2O2/c1-15-10-2-4-11(14,5-3-10)9-6-12-8-13-7-9/h6-8,10,14H,2-5H2,1H3. The smallest absolute Gasteiger partial charge is 0.115 e. The lowest BCUT2D eigenvalue weighted by Crippen LogP contribution is -2.34. The predicted octanol–water partition coefficient (Wildman–Crippen LogP) is 1.25. The molecule has 1 heterocycles. The van der Waals surface area contributed by atoms with Crippen molar-refractivity contribution in [3.05, 3.63) is 24.3 Å². The third-order valence-corrected chi connectivity index (χ3v) is 3.19. The number of hydrogen-bond acceptors (Lipinski definition) is 4. The van der Waals surface area contributed by atoms with Gasteiger partial charge in [-0.2, -0.15) is 0 Å². The highest BCUT2D eigenvalue weighted by Gasteiger charge is 2.35. The fourth-order valence-corrected chi connectivity index (χ4v) is 2.13. The second kappa shape index (κ2) is 4.24. The molecule has 0 bridgehead atoms. The summed E-state index contributed by atoms with van der Waals surface area (Å²) in [7, 11) is 1.72. The Bertz CT molecular complexity index is 308. The minimum atomic E-state index is -0.754. The van der Waals surface area contributed by atoms with E-state index in [2.05, 4.69) is 9.97 Å². The molecule has 1 aliphatic rings. The normalized spacial score (nSPS) is 31.5. The summed E-state index contributed by atoms with van der Waals surface area (Å²) in [6, 6.07) is 0. The molecule has 2 rings (SSSR count).